The molecule has 0 aliphatic carbocycles. The Hall–Kier alpha value is -3.23. The van der Waals surface area contributed by atoms with Gasteiger partial charge in [-0.25, -0.2) is 8.42 Å². The van der Waals surface area contributed by atoms with E-state index in [1.54, 1.807) is 36.4 Å². The molecule has 0 aromatic heterocycles. The third-order valence-electron chi connectivity index (χ3n) is 4.15. The number of amides is 1. The number of anilines is 2. The van der Waals surface area contributed by atoms with E-state index >= 15 is 0 Å². The van der Waals surface area contributed by atoms with E-state index in [1.807, 2.05) is 0 Å². The summed E-state index contributed by atoms with van der Waals surface area (Å²) in [6.45, 7) is 0.126. The molecule has 0 unspecified atom stereocenters. The number of rotatable bonds is 5. The van der Waals surface area contributed by atoms with Crippen molar-refractivity contribution in [3.63, 3.8) is 0 Å². The minimum absolute atomic E-state index is 0.00372. The number of para-hydroxylation sites is 1. The van der Waals surface area contributed by atoms with Crippen LogP contribution in [0.5, 0.6) is 11.5 Å². The lowest BCUT2D eigenvalue weighted by molar-refractivity contribution is 0.102. The maximum absolute atomic E-state index is 12.8. The SMILES string of the molecule is O=C(Nc1ccc2c(c1)OCO2)c1ccccc1NS(=O)(=O)c1cccc(Cl)c1. The van der Waals surface area contributed by atoms with Crippen LogP contribution in [-0.4, -0.2) is 21.1 Å². The van der Waals surface area contributed by atoms with Gasteiger partial charge in [-0.3, -0.25) is 9.52 Å². The van der Waals surface area contributed by atoms with Crippen LogP contribution in [0.1, 0.15) is 10.4 Å². The van der Waals surface area contributed by atoms with E-state index in [0.717, 1.165) is 0 Å². The summed E-state index contributed by atoms with van der Waals surface area (Å²) in [4.78, 5) is 12.8. The maximum atomic E-state index is 12.8. The molecule has 1 aliphatic heterocycles. The van der Waals surface area contributed by atoms with Crippen LogP contribution in [-0.2, 0) is 10.0 Å². The van der Waals surface area contributed by atoms with Crippen molar-refractivity contribution in [2.75, 3.05) is 16.8 Å². The zero-order valence-electron chi connectivity index (χ0n) is 14.9. The van der Waals surface area contributed by atoms with Crippen LogP contribution in [0.25, 0.3) is 0 Å². The fourth-order valence-corrected chi connectivity index (χ4v) is 4.16. The summed E-state index contributed by atoms with van der Waals surface area (Å²) in [6, 6.07) is 17.2. The van der Waals surface area contributed by atoms with Crippen LogP contribution in [0.15, 0.2) is 71.6 Å². The number of sulfonamides is 1. The van der Waals surface area contributed by atoms with Gasteiger partial charge < -0.3 is 14.8 Å². The first kappa shape index (κ1) is 19.1. The number of nitrogens with one attached hydrogen (secondary N) is 2. The van der Waals surface area contributed by atoms with Crippen molar-refractivity contribution in [2.45, 2.75) is 4.90 Å². The highest BCUT2D eigenvalue weighted by molar-refractivity contribution is 7.92. The molecule has 148 valence electrons. The largest absolute Gasteiger partial charge is 0.454 e. The van der Waals surface area contributed by atoms with Crippen LogP contribution in [0.2, 0.25) is 5.02 Å². The van der Waals surface area contributed by atoms with Gasteiger partial charge in [-0.2, -0.15) is 0 Å². The van der Waals surface area contributed by atoms with E-state index in [0.29, 0.717) is 22.2 Å². The molecular formula is C20H15ClN2O5S. The summed E-state index contributed by atoms with van der Waals surface area (Å²) in [7, 11) is -3.92. The first-order chi connectivity index (χ1) is 13.9. The Morgan fingerprint density at radius 2 is 1.72 bits per heavy atom. The Morgan fingerprint density at radius 1 is 0.931 bits per heavy atom. The van der Waals surface area contributed by atoms with E-state index in [4.69, 9.17) is 21.1 Å². The minimum Gasteiger partial charge on any atom is -0.454 e. The van der Waals surface area contributed by atoms with E-state index in [9.17, 15) is 13.2 Å². The molecule has 1 heterocycles. The van der Waals surface area contributed by atoms with Gasteiger partial charge in [0.25, 0.3) is 15.9 Å². The molecule has 29 heavy (non-hydrogen) atoms. The van der Waals surface area contributed by atoms with Gasteiger partial charge in [-0.05, 0) is 42.5 Å². The number of carbonyl (C=O) groups is 1. The summed E-state index contributed by atoms with van der Waals surface area (Å²) in [6.07, 6.45) is 0. The van der Waals surface area contributed by atoms with Gasteiger partial charge in [0.05, 0.1) is 16.1 Å². The molecule has 0 bridgehead atoms. The topological polar surface area (TPSA) is 93.7 Å². The Bertz CT molecular complexity index is 1200. The van der Waals surface area contributed by atoms with Gasteiger partial charge in [-0.1, -0.05) is 29.8 Å². The average Bonchev–Trinajstić information content (AvgIpc) is 3.16. The summed E-state index contributed by atoms with van der Waals surface area (Å²) in [5, 5.41) is 3.03. The Labute approximate surface area is 172 Å². The lowest BCUT2D eigenvalue weighted by atomic mass is 10.1. The van der Waals surface area contributed by atoms with Crippen molar-refractivity contribution in [3.05, 3.63) is 77.3 Å². The minimum atomic E-state index is -3.92. The highest BCUT2D eigenvalue weighted by Gasteiger charge is 2.20. The summed E-state index contributed by atoms with van der Waals surface area (Å²) in [5.74, 6) is 0.642. The number of benzene rings is 3. The highest BCUT2D eigenvalue weighted by Crippen LogP contribution is 2.34. The summed E-state index contributed by atoms with van der Waals surface area (Å²) < 4.78 is 38.4. The van der Waals surface area contributed by atoms with Crippen molar-refractivity contribution in [2.24, 2.45) is 0 Å². The molecule has 7 nitrogen and oxygen atoms in total. The first-order valence-electron chi connectivity index (χ1n) is 8.51. The molecule has 0 atom stereocenters. The molecule has 1 amide bonds. The molecule has 0 fully saturated rings. The third kappa shape index (κ3) is 4.13. The molecule has 4 rings (SSSR count). The normalized spacial score (nSPS) is 12.4. The molecule has 0 radical (unpaired) electrons. The quantitative estimate of drug-likeness (QED) is 0.635. The Morgan fingerprint density at radius 3 is 2.55 bits per heavy atom. The van der Waals surface area contributed by atoms with E-state index in [1.165, 1.54) is 30.3 Å². The number of carbonyl (C=O) groups excluding carboxylic acids is 1. The Kier molecular flexibility index (Phi) is 5.04. The van der Waals surface area contributed by atoms with Gasteiger partial charge in [-0.15, -0.1) is 0 Å². The van der Waals surface area contributed by atoms with E-state index in [-0.39, 0.29) is 22.9 Å². The molecule has 9 heteroatoms. The standard InChI is InChI=1S/C20H15ClN2O5S/c21-13-4-3-5-15(10-13)29(25,26)23-17-7-2-1-6-16(17)20(24)22-14-8-9-18-19(11-14)28-12-27-18/h1-11,23H,12H2,(H,22,24). The maximum Gasteiger partial charge on any atom is 0.261 e. The number of hydrogen-bond donors (Lipinski definition) is 2. The number of halogens is 1. The van der Waals surface area contributed by atoms with Gasteiger partial charge in [0.1, 0.15) is 0 Å². The second kappa shape index (κ2) is 7.65. The number of ether oxygens (including phenoxy) is 2. The van der Waals surface area contributed by atoms with Gasteiger partial charge in [0.15, 0.2) is 11.5 Å². The second-order valence-corrected chi connectivity index (χ2v) is 8.25. The van der Waals surface area contributed by atoms with Crippen LogP contribution in [0.4, 0.5) is 11.4 Å². The molecule has 0 spiro atoms. The second-order valence-electron chi connectivity index (χ2n) is 6.13. The van der Waals surface area contributed by atoms with E-state index < -0.39 is 15.9 Å². The van der Waals surface area contributed by atoms with Gasteiger partial charge in [0, 0.05) is 16.8 Å². The molecule has 3 aromatic carbocycles. The predicted molar refractivity (Wildman–Crippen MR) is 109 cm³/mol. The van der Waals surface area contributed by atoms with Crippen molar-refractivity contribution < 1.29 is 22.7 Å². The zero-order chi connectivity index (χ0) is 20.4. The zero-order valence-corrected chi connectivity index (χ0v) is 16.5. The van der Waals surface area contributed by atoms with Crippen LogP contribution in [0, 0.1) is 0 Å². The highest BCUT2D eigenvalue weighted by atomic mass is 35.5. The fraction of sp³-hybridized carbons (Fsp3) is 0.0500. The van der Waals surface area contributed by atoms with Crippen molar-refractivity contribution in [3.8, 4) is 11.5 Å². The van der Waals surface area contributed by atoms with Crippen molar-refractivity contribution in [1.29, 1.82) is 0 Å². The van der Waals surface area contributed by atoms with E-state index in [2.05, 4.69) is 10.0 Å². The molecule has 2 N–H and O–H groups in total. The predicted octanol–water partition coefficient (Wildman–Crippen LogP) is 4.12. The third-order valence-corrected chi connectivity index (χ3v) is 5.75. The van der Waals surface area contributed by atoms with Crippen molar-refractivity contribution in [1.82, 2.24) is 0 Å². The summed E-state index contributed by atoms with van der Waals surface area (Å²) >= 11 is 5.89. The molecule has 1 aliphatic rings. The van der Waals surface area contributed by atoms with Crippen LogP contribution in [0.3, 0.4) is 0 Å². The fourth-order valence-electron chi connectivity index (χ4n) is 2.78. The van der Waals surface area contributed by atoms with Gasteiger partial charge >= 0.3 is 0 Å². The Balaban J connectivity index is 1.59. The molecule has 3 aromatic rings. The van der Waals surface area contributed by atoms with Crippen LogP contribution >= 0.6 is 11.6 Å². The lowest BCUT2D eigenvalue weighted by Crippen LogP contribution is -2.18. The molecule has 0 saturated carbocycles. The molecule has 0 saturated heterocycles. The molecular weight excluding hydrogens is 416 g/mol. The average molecular weight is 431 g/mol. The van der Waals surface area contributed by atoms with Gasteiger partial charge in [0.2, 0.25) is 6.79 Å². The first-order valence-corrected chi connectivity index (χ1v) is 10.4. The number of fused-ring (bicyclic) bond motifs is 1. The lowest BCUT2D eigenvalue weighted by Gasteiger charge is -2.13. The van der Waals surface area contributed by atoms with Crippen LogP contribution < -0.4 is 19.5 Å². The number of hydrogen-bond acceptors (Lipinski definition) is 5. The smallest absolute Gasteiger partial charge is 0.261 e. The summed E-state index contributed by atoms with van der Waals surface area (Å²) in [5.41, 5.74) is 0.799. The van der Waals surface area contributed by atoms with Crippen molar-refractivity contribution >= 4 is 38.9 Å². The monoisotopic (exact) mass is 430 g/mol.